The van der Waals surface area contributed by atoms with Crippen molar-refractivity contribution in [3.63, 3.8) is 0 Å². The van der Waals surface area contributed by atoms with Crippen molar-refractivity contribution in [1.82, 2.24) is 29.5 Å². The number of amides is 1. The molecule has 1 saturated heterocycles. The molecule has 0 aromatic carbocycles. The molecule has 35 heavy (non-hydrogen) atoms. The number of hydrogen-bond acceptors (Lipinski definition) is 8. The Morgan fingerprint density at radius 2 is 2.06 bits per heavy atom. The van der Waals surface area contributed by atoms with Crippen LogP contribution in [-0.2, 0) is 22.3 Å². The van der Waals surface area contributed by atoms with E-state index < -0.39 is 17.8 Å². The molecule has 2 unspecified atom stereocenters. The quantitative estimate of drug-likeness (QED) is 0.428. The highest BCUT2D eigenvalue weighted by Gasteiger charge is 2.36. The van der Waals surface area contributed by atoms with Crippen LogP contribution in [0.2, 0.25) is 0 Å². The van der Waals surface area contributed by atoms with Gasteiger partial charge in [-0.25, -0.2) is 9.97 Å². The number of rotatable bonds is 6. The van der Waals surface area contributed by atoms with Crippen molar-refractivity contribution in [2.45, 2.75) is 31.3 Å². The predicted octanol–water partition coefficient (Wildman–Crippen LogP) is 3.22. The van der Waals surface area contributed by atoms with Crippen LogP contribution in [0.5, 0.6) is 0 Å². The molecule has 0 saturated carbocycles. The number of anilines is 2. The summed E-state index contributed by atoms with van der Waals surface area (Å²) >= 11 is 0. The van der Waals surface area contributed by atoms with Gasteiger partial charge >= 0.3 is 6.18 Å². The summed E-state index contributed by atoms with van der Waals surface area (Å²) in [5, 5.41) is 5.69. The van der Waals surface area contributed by atoms with E-state index in [0.29, 0.717) is 29.9 Å². The van der Waals surface area contributed by atoms with E-state index in [9.17, 15) is 18.0 Å². The minimum Gasteiger partial charge on any atom is -0.366 e. The zero-order chi connectivity index (χ0) is 24.4. The number of ether oxygens (including phenoxy) is 1. The summed E-state index contributed by atoms with van der Waals surface area (Å²) in [5.74, 6) is -0.126. The van der Waals surface area contributed by atoms with Gasteiger partial charge in [-0.15, -0.1) is 0 Å². The Bertz CT molecular complexity index is 1350. The van der Waals surface area contributed by atoms with Crippen molar-refractivity contribution >= 4 is 28.7 Å². The van der Waals surface area contributed by atoms with E-state index in [1.54, 1.807) is 35.4 Å². The zero-order valence-corrected chi connectivity index (χ0v) is 18.1. The van der Waals surface area contributed by atoms with Gasteiger partial charge in [-0.05, 0) is 30.7 Å². The number of carbonyl (C=O) groups is 1. The maximum absolute atomic E-state index is 12.9. The van der Waals surface area contributed by atoms with E-state index in [4.69, 9.17) is 4.74 Å². The normalized spacial score (nSPS) is 18.0. The van der Waals surface area contributed by atoms with E-state index in [0.717, 1.165) is 18.3 Å². The first-order valence-electron chi connectivity index (χ1n) is 10.7. The van der Waals surface area contributed by atoms with Gasteiger partial charge < -0.3 is 19.9 Å². The molecule has 4 aromatic heterocycles. The molecular weight excluding hydrogens is 465 g/mol. The van der Waals surface area contributed by atoms with Gasteiger partial charge in [0.2, 0.25) is 5.95 Å². The first-order chi connectivity index (χ1) is 16.9. The largest absolute Gasteiger partial charge is 0.416 e. The number of halogens is 3. The highest BCUT2D eigenvalue weighted by Crippen LogP contribution is 2.31. The lowest BCUT2D eigenvalue weighted by Gasteiger charge is -2.19. The van der Waals surface area contributed by atoms with Crippen molar-refractivity contribution in [2.75, 3.05) is 17.2 Å². The fourth-order valence-corrected chi connectivity index (χ4v) is 3.84. The molecule has 2 N–H and O–H groups in total. The fraction of sp³-hybridized carbons (Fsp3) is 0.273. The molecule has 1 aliphatic rings. The van der Waals surface area contributed by atoms with Crippen molar-refractivity contribution in [3.8, 4) is 0 Å². The third-order valence-electron chi connectivity index (χ3n) is 5.49. The van der Waals surface area contributed by atoms with Crippen LogP contribution in [0.15, 0.2) is 55.4 Å². The standard InChI is InChI=1S/C22H19F3N8O2/c23-22(24,25)13-3-6-27-15(8-13)10-28-21-29-11-16-19(32-21)33(12-30-16)17-4-7-35-18(17)20(34)31-14-2-1-5-26-9-14/h1-3,5-6,8-9,11-12,17-18H,4,7,10H2,(H,31,34)(H,28,29,32). The second-order valence-electron chi connectivity index (χ2n) is 7.82. The molecule has 0 radical (unpaired) electrons. The van der Waals surface area contributed by atoms with Crippen molar-refractivity contribution < 1.29 is 22.7 Å². The van der Waals surface area contributed by atoms with Gasteiger partial charge in [0.25, 0.3) is 5.91 Å². The molecule has 10 nitrogen and oxygen atoms in total. The summed E-state index contributed by atoms with van der Waals surface area (Å²) in [4.78, 5) is 33.8. The lowest BCUT2D eigenvalue weighted by molar-refractivity contribution is -0.137. The molecule has 13 heteroatoms. The molecule has 0 spiro atoms. The molecule has 5 rings (SSSR count). The lowest BCUT2D eigenvalue weighted by Crippen LogP contribution is -2.33. The Kier molecular flexibility index (Phi) is 5.99. The van der Waals surface area contributed by atoms with Crippen LogP contribution in [-0.4, -0.2) is 48.1 Å². The van der Waals surface area contributed by atoms with Crippen LogP contribution in [0.1, 0.15) is 23.7 Å². The van der Waals surface area contributed by atoms with Crippen LogP contribution >= 0.6 is 0 Å². The predicted molar refractivity (Wildman–Crippen MR) is 118 cm³/mol. The molecule has 1 fully saturated rings. The molecule has 2 atom stereocenters. The second kappa shape index (κ2) is 9.25. The number of imidazole rings is 1. The summed E-state index contributed by atoms with van der Waals surface area (Å²) in [7, 11) is 0. The van der Waals surface area contributed by atoms with E-state index in [1.165, 1.54) is 6.20 Å². The Balaban J connectivity index is 1.34. The van der Waals surface area contributed by atoms with Crippen molar-refractivity contribution in [2.24, 2.45) is 0 Å². The SMILES string of the molecule is O=C(Nc1cccnc1)C1OCCC1n1cnc2cnc(NCc3cc(C(F)(F)F)ccn3)nc21. The van der Waals surface area contributed by atoms with Crippen LogP contribution in [0, 0.1) is 0 Å². The molecule has 0 bridgehead atoms. The maximum Gasteiger partial charge on any atom is 0.416 e. The summed E-state index contributed by atoms with van der Waals surface area (Å²) in [5.41, 5.74) is 0.934. The highest BCUT2D eigenvalue weighted by molar-refractivity contribution is 5.94. The Labute approximate surface area is 196 Å². The van der Waals surface area contributed by atoms with Gasteiger partial charge in [0.1, 0.15) is 5.52 Å². The highest BCUT2D eigenvalue weighted by atomic mass is 19.4. The Hall–Kier alpha value is -4.13. The third-order valence-corrected chi connectivity index (χ3v) is 5.49. The molecule has 4 aromatic rings. The van der Waals surface area contributed by atoms with Gasteiger partial charge in [-0.1, -0.05) is 0 Å². The van der Waals surface area contributed by atoms with Crippen molar-refractivity contribution in [3.05, 3.63) is 66.6 Å². The van der Waals surface area contributed by atoms with Gasteiger partial charge in [-0.3, -0.25) is 14.8 Å². The smallest absolute Gasteiger partial charge is 0.366 e. The van der Waals surface area contributed by atoms with Gasteiger partial charge in [0.15, 0.2) is 11.8 Å². The van der Waals surface area contributed by atoms with Crippen LogP contribution < -0.4 is 10.6 Å². The topological polar surface area (TPSA) is 120 Å². The second-order valence-corrected chi connectivity index (χ2v) is 7.82. The molecule has 5 heterocycles. The number of carbonyl (C=O) groups excluding carboxylic acids is 1. The summed E-state index contributed by atoms with van der Waals surface area (Å²) in [6.07, 6.45) is 2.67. The molecule has 1 aliphatic heterocycles. The number of fused-ring (bicyclic) bond motifs is 1. The Morgan fingerprint density at radius 1 is 1.17 bits per heavy atom. The number of alkyl halides is 3. The molecule has 180 valence electrons. The van der Waals surface area contributed by atoms with E-state index >= 15 is 0 Å². The first kappa shape index (κ1) is 22.7. The number of nitrogens with zero attached hydrogens (tertiary/aromatic N) is 6. The van der Waals surface area contributed by atoms with Crippen molar-refractivity contribution in [1.29, 1.82) is 0 Å². The lowest BCUT2D eigenvalue weighted by atomic mass is 10.1. The fourth-order valence-electron chi connectivity index (χ4n) is 3.84. The molecular formula is C22H19F3N8O2. The number of nitrogens with one attached hydrogen (secondary N) is 2. The van der Waals surface area contributed by atoms with Crippen LogP contribution in [0.25, 0.3) is 11.2 Å². The number of hydrogen-bond donors (Lipinski definition) is 2. The third kappa shape index (κ3) is 4.89. The monoisotopic (exact) mass is 484 g/mol. The number of aromatic nitrogens is 6. The molecule has 1 amide bonds. The maximum atomic E-state index is 12.9. The zero-order valence-electron chi connectivity index (χ0n) is 18.1. The average Bonchev–Trinajstić information content (AvgIpc) is 3.50. The number of pyridine rings is 2. The summed E-state index contributed by atoms with van der Waals surface area (Å²) in [6.45, 7) is 0.374. The summed E-state index contributed by atoms with van der Waals surface area (Å²) < 4.78 is 46.3. The summed E-state index contributed by atoms with van der Waals surface area (Å²) in [6, 6.07) is 4.97. The Morgan fingerprint density at radius 3 is 2.86 bits per heavy atom. The van der Waals surface area contributed by atoms with Gasteiger partial charge in [0.05, 0.1) is 48.3 Å². The first-order valence-corrected chi connectivity index (χ1v) is 10.7. The minimum absolute atomic E-state index is 0.00769. The average molecular weight is 484 g/mol. The molecule has 0 aliphatic carbocycles. The minimum atomic E-state index is -4.46. The van der Waals surface area contributed by atoms with Crippen LogP contribution in [0.4, 0.5) is 24.8 Å². The van der Waals surface area contributed by atoms with E-state index in [-0.39, 0.29) is 30.1 Å². The van der Waals surface area contributed by atoms with Gasteiger partial charge in [0, 0.05) is 19.0 Å². The van der Waals surface area contributed by atoms with E-state index in [2.05, 4.69) is 35.6 Å². The van der Waals surface area contributed by atoms with E-state index in [1.807, 2.05) is 0 Å². The van der Waals surface area contributed by atoms with Crippen LogP contribution in [0.3, 0.4) is 0 Å². The van der Waals surface area contributed by atoms with Gasteiger partial charge in [-0.2, -0.15) is 18.2 Å².